The van der Waals surface area contributed by atoms with Gasteiger partial charge in [-0.3, -0.25) is 4.79 Å². The molecular formula is C11H20N2O. The van der Waals surface area contributed by atoms with Gasteiger partial charge < -0.3 is 10.6 Å². The average molecular weight is 196 g/mol. The van der Waals surface area contributed by atoms with E-state index in [1.54, 1.807) is 0 Å². The maximum absolute atomic E-state index is 11.3. The second-order valence-electron chi connectivity index (χ2n) is 4.99. The molecule has 0 aromatic carbocycles. The molecule has 3 nitrogen and oxygen atoms in total. The van der Waals surface area contributed by atoms with E-state index in [0.717, 1.165) is 24.9 Å². The Labute approximate surface area is 85.6 Å². The third kappa shape index (κ3) is 1.92. The van der Waals surface area contributed by atoms with Crippen LogP contribution in [-0.2, 0) is 4.79 Å². The van der Waals surface area contributed by atoms with Crippen LogP contribution in [-0.4, -0.2) is 29.9 Å². The van der Waals surface area contributed by atoms with E-state index in [-0.39, 0.29) is 11.9 Å². The number of carbonyl (C=O) groups is 1. The minimum Gasteiger partial charge on any atom is -0.339 e. The van der Waals surface area contributed by atoms with Gasteiger partial charge in [0.1, 0.15) is 6.04 Å². The van der Waals surface area contributed by atoms with Crippen LogP contribution in [0.25, 0.3) is 0 Å². The van der Waals surface area contributed by atoms with E-state index < -0.39 is 0 Å². The van der Waals surface area contributed by atoms with E-state index in [1.807, 2.05) is 4.90 Å². The van der Waals surface area contributed by atoms with Gasteiger partial charge in [0, 0.05) is 13.1 Å². The molecule has 3 atom stereocenters. The lowest BCUT2D eigenvalue weighted by Crippen LogP contribution is -2.61. The van der Waals surface area contributed by atoms with Gasteiger partial charge >= 0.3 is 0 Å². The fourth-order valence-electron chi connectivity index (χ4n) is 2.73. The first-order valence-corrected chi connectivity index (χ1v) is 5.71. The Bertz CT molecular complexity index is 229. The first kappa shape index (κ1) is 9.97. The summed E-state index contributed by atoms with van der Waals surface area (Å²) in [4.78, 5) is 13.2. The van der Waals surface area contributed by atoms with Crippen LogP contribution in [0, 0.1) is 11.8 Å². The lowest BCUT2D eigenvalue weighted by Gasteiger charge is -2.40. The van der Waals surface area contributed by atoms with E-state index in [1.165, 1.54) is 25.7 Å². The van der Waals surface area contributed by atoms with Crippen LogP contribution in [0.2, 0.25) is 0 Å². The highest BCUT2D eigenvalue weighted by atomic mass is 16.2. The number of carbonyl (C=O) groups excluding carboxylic acids is 1. The van der Waals surface area contributed by atoms with Crippen molar-refractivity contribution < 1.29 is 4.79 Å². The molecule has 1 saturated heterocycles. The van der Waals surface area contributed by atoms with Gasteiger partial charge in [0.05, 0.1) is 0 Å². The standard InChI is InChI=1S/C11H20N2O/c1-8-3-2-4-9(5-8)6-13-7-10(12)11(13)14/h8-10H,2-7,12H2,1H3. The highest BCUT2D eigenvalue weighted by molar-refractivity contribution is 5.87. The zero-order valence-corrected chi connectivity index (χ0v) is 8.91. The molecular weight excluding hydrogens is 176 g/mol. The summed E-state index contributed by atoms with van der Waals surface area (Å²) in [5, 5.41) is 0. The molecule has 80 valence electrons. The first-order valence-electron chi connectivity index (χ1n) is 5.71. The van der Waals surface area contributed by atoms with Gasteiger partial charge in [0.25, 0.3) is 0 Å². The lowest BCUT2D eigenvalue weighted by atomic mass is 9.82. The molecule has 0 aromatic heterocycles. The van der Waals surface area contributed by atoms with E-state index in [9.17, 15) is 4.79 Å². The van der Waals surface area contributed by atoms with Crippen molar-refractivity contribution in [3.63, 3.8) is 0 Å². The van der Waals surface area contributed by atoms with Crippen LogP contribution in [0.4, 0.5) is 0 Å². The van der Waals surface area contributed by atoms with Gasteiger partial charge in [0.15, 0.2) is 0 Å². The Kier molecular flexibility index (Phi) is 2.77. The zero-order chi connectivity index (χ0) is 10.1. The van der Waals surface area contributed by atoms with Crippen molar-refractivity contribution in [1.29, 1.82) is 0 Å². The lowest BCUT2D eigenvalue weighted by molar-refractivity contribution is -0.143. The highest BCUT2D eigenvalue weighted by Gasteiger charge is 2.35. The van der Waals surface area contributed by atoms with Gasteiger partial charge in [-0.2, -0.15) is 0 Å². The summed E-state index contributed by atoms with van der Waals surface area (Å²) in [7, 11) is 0. The Morgan fingerprint density at radius 1 is 1.50 bits per heavy atom. The Balaban J connectivity index is 1.77. The molecule has 2 aliphatic rings. The maximum atomic E-state index is 11.3. The largest absolute Gasteiger partial charge is 0.339 e. The van der Waals surface area contributed by atoms with Gasteiger partial charge in [-0.25, -0.2) is 0 Å². The minimum absolute atomic E-state index is 0.156. The molecule has 0 bridgehead atoms. The van der Waals surface area contributed by atoms with Crippen molar-refractivity contribution in [3.05, 3.63) is 0 Å². The predicted molar refractivity (Wildman–Crippen MR) is 55.7 cm³/mol. The fraction of sp³-hybridized carbons (Fsp3) is 0.909. The van der Waals surface area contributed by atoms with Crippen LogP contribution < -0.4 is 5.73 Å². The summed E-state index contributed by atoms with van der Waals surface area (Å²) < 4.78 is 0. The van der Waals surface area contributed by atoms with Crippen molar-refractivity contribution in [3.8, 4) is 0 Å². The normalized spacial score (nSPS) is 38.3. The van der Waals surface area contributed by atoms with Crippen molar-refractivity contribution in [2.24, 2.45) is 17.6 Å². The van der Waals surface area contributed by atoms with E-state index in [2.05, 4.69) is 6.92 Å². The van der Waals surface area contributed by atoms with Crippen LogP contribution in [0.1, 0.15) is 32.6 Å². The molecule has 1 amide bonds. The number of nitrogens with zero attached hydrogens (tertiary/aromatic N) is 1. The number of β-lactam (4-membered cyclic amide) rings is 1. The van der Waals surface area contributed by atoms with Crippen LogP contribution in [0.5, 0.6) is 0 Å². The summed E-state index contributed by atoms with van der Waals surface area (Å²) in [6.45, 7) is 4.05. The van der Waals surface area contributed by atoms with E-state index >= 15 is 0 Å². The monoisotopic (exact) mass is 196 g/mol. The molecule has 0 spiro atoms. The Morgan fingerprint density at radius 3 is 2.86 bits per heavy atom. The molecule has 2 fully saturated rings. The summed E-state index contributed by atoms with van der Waals surface area (Å²) in [6.07, 6.45) is 5.28. The molecule has 1 saturated carbocycles. The number of hydrogen-bond acceptors (Lipinski definition) is 2. The van der Waals surface area contributed by atoms with Crippen molar-refractivity contribution in [2.75, 3.05) is 13.1 Å². The minimum atomic E-state index is -0.198. The highest BCUT2D eigenvalue weighted by Crippen LogP contribution is 2.30. The number of rotatable bonds is 2. The molecule has 1 aliphatic heterocycles. The van der Waals surface area contributed by atoms with E-state index in [0.29, 0.717) is 0 Å². The van der Waals surface area contributed by atoms with Crippen molar-refractivity contribution in [2.45, 2.75) is 38.6 Å². The number of amides is 1. The van der Waals surface area contributed by atoms with Gasteiger partial charge in [-0.05, 0) is 24.7 Å². The van der Waals surface area contributed by atoms with Gasteiger partial charge in [-0.1, -0.05) is 19.8 Å². The van der Waals surface area contributed by atoms with Crippen molar-refractivity contribution in [1.82, 2.24) is 4.90 Å². The average Bonchev–Trinajstić information content (AvgIpc) is 2.17. The summed E-state index contributed by atoms with van der Waals surface area (Å²) in [6, 6.07) is -0.198. The smallest absolute Gasteiger partial charge is 0.241 e. The molecule has 0 aromatic rings. The second kappa shape index (κ2) is 3.89. The molecule has 2 rings (SSSR count). The van der Waals surface area contributed by atoms with Crippen molar-refractivity contribution >= 4 is 5.91 Å². The van der Waals surface area contributed by atoms with Gasteiger partial charge in [-0.15, -0.1) is 0 Å². The van der Waals surface area contributed by atoms with Crippen LogP contribution in [0.3, 0.4) is 0 Å². The van der Waals surface area contributed by atoms with Crippen LogP contribution in [0.15, 0.2) is 0 Å². The SMILES string of the molecule is CC1CCCC(CN2CC(N)C2=O)C1. The topological polar surface area (TPSA) is 46.3 Å². The Morgan fingerprint density at radius 2 is 2.29 bits per heavy atom. The molecule has 3 unspecified atom stereocenters. The number of nitrogens with two attached hydrogens (primary N) is 1. The zero-order valence-electron chi connectivity index (χ0n) is 8.91. The quantitative estimate of drug-likeness (QED) is 0.669. The summed E-state index contributed by atoms with van der Waals surface area (Å²) >= 11 is 0. The molecule has 2 N–H and O–H groups in total. The van der Waals surface area contributed by atoms with Gasteiger partial charge in [0.2, 0.25) is 5.91 Å². The second-order valence-corrected chi connectivity index (χ2v) is 4.99. The predicted octanol–water partition coefficient (Wildman–Crippen LogP) is 0.982. The first-order chi connectivity index (χ1) is 6.66. The summed E-state index contributed by atoms with van der Waals surface area (Å²) in [5.74, 6) is 1.73. The third-order valence-electron chi connectivity index (χ3n) is 3.57. The maximum Gasteiger partial charge on any atom is 0.241 e. The molecule has 1 aliphatic carbocycles. The number of hydrogen-bond donors (Lipinski definition) is 1. The summed E-state index contributed by atoms with van der Waals surface area (Å²) in [5.41, 5.74) is 5.55. The third-order valence-corrected chi connectivity index (χ3v) is 3.57. The van der Waals surface area contributed by atoms with E-state index in [4.69, 9.17) is 5.73 Å². The fourth-order valence-corrected chi connectivity index (χ4v) is 2.73. The molecule has 14 heavy (non-hydrogen) atoms. The molecule has 1 heterocycles. The number of likely N-dealkylation sites (tertiary alicyclic amines) is 1. The molecule has 3 heteroatoms. The molecule has 0 radical (unpaired) electrons. The van der Waals surface area contributed by atoms with Crippen LogP contribution >= 0.6 is 0 Å². The Hall–Kier alpha value is -0.570.